The molecule has 126 valence electrons. The maximum Gasteiger partial charge on any atom is 0.329 e. The molecule has 0 spiro atoms. The van der Waals surface area contributed by atoms with Crippen LogP contribution in [0.15, 0.2) is 33.9 Å². The molecule has 3 N–H and O–H groups in total. The molecule has 0 radical (unpaired) electrons. The number of nitrogen functional groups attached to an aromatic ring is 1. The highest BCUT2D eigenvalue weighted by atomic mass is 16.2. The van der Waals surface area contributed by atoms with E-state index in [1.165, 1.54) is 10.1 Å². The number of benzene rings is 1. The summed E-state index contributed by atoms with van der Waals surface area (Å²) in [7, 11) is 0. The number of anilines is 2. The fraction of sp³-hybridized carbons (Fsp3) is 0.353. The van der Waals surface area contributed by atoms with Gasteiger partial charge < -0.3 is 10.6 Å². The third kappa shape index (κ3) is 2.51. The first-order valence-corrected chi connectivity index (χ1v) is 7.94. The standard InChI is InChI=1S/C17H20N4O3/c1-3-20-15(18)14(16(23)19-17(20)24)13(22)9-21-10(2)8-11-6-4-5-7-12(11)21/h4-7,10H,3,8-9,18H2,1-2H3,(H,19,23,24). The fourth-order valence-electron chi connectivity index (χ4n) is 3.28. The number of nitrogens with zero attached hydrogens (tertiary/aromatic N) is 2. The molecule has 1 aromatic heterocycles. The largest absolute Gasteiger partial charge is 0.384 e. The van der Waals surface area contributed by atoms with Gasteiger partial charge in [0.15, 0.2) is 5.78 Å². The summed E-state index contributed by atoms with van der Waals surface area (Å²) >= 11 is 0. The lowest BCUT2D eigenvalue weighted by Gasteiger charge is -2.24. The molecule has 1 unspecified atom stereocenters. The van der Waals surface area contributed by atoms with Crippen molar-refractivity contribution in [1.82, 2.24) is 9.55 Å². The van der Waals surface area contributed by atoms with Crippen molar-refractivity contribution >= 4 is 17.3 Å². The van der Waals surface area contributed by atoms with E-state index in [0.29, 0.717) is 0 Å². The van der Waals surface area contributed by atoms with Gasteiger partial charge >= 0.3 is 5.69 Å². The zero-order chi connectivity index (χ0) is 17.4. The summed E-state index contributed by atoms with van der Waals surface area (Å²) in [6, 6.07) is 8.05. The molecule has 3 rings (SSSR count). The molecule has 1 aromatic carbocycles. The summed E-state index contributed by atoms with van der Waals surface area (Å²) in [5.41, 5.74) is 6.60. The zero-order valence-electron chi connectivity index (χ0n) is 13.7. The predicted octanol–water partition coefficient (Wildman–Crippen LogP) is 0.773. The number of aromatic nitrogens is 2. The molecule has 1 aliphatic rings. The molecule has 7 heteroatoms. The van der Waals surface area contributed by atoms with Gasteiger partial charge in [-0.15, -0.1) is 0 Å². The molecule has 7 nitrogen and oxygen atoms in total. The van der Waals surface area contributed by atoms with E-state index in [1.54, 1.807) is 6.92 Å². The van der Waals surface area contributed by atoms with Crippen LogP contribution in [0.25, 0.3) is 0 Å². The number of hydrogen-bond acceptors (Lipinski definition) is 5. The topological polar surface area (TPSA) is 101 Å². The first-order chi connectivity index (χ1) is 11.4. The molecule has 0 amide bonds. The minimum Gasteiger partial charge on any atom is -0.384 e. The van der Waals surface area contributed by atoms with Crippen molar-refractivity contribution in [2.45, 2.75) is 32.9 Å². The van der Waals surface area contributed by atoms with Gasteiger partial charge in [0.05, 0.1) is 6.54 Å². The number of H-pyrrole nitrogens is 1. The Kier molecular flexibility index (Phi) is 4.01. The smallest absolute Gasteiger partial charge is 0.329 e. The number of para-hydroxylation sites is 1. The van der Waals surface area contributed by atoms with E-state index in [2.05, 4.69) is 4.98 Å². The van der Waals surface area contributed by atoms with Crippen molar-refractivity contribution in [2.75, 3.05) is 17.2 Å². The normalized spacial score (nSPS) is 16.2. The van der Waals surface area contributed by atoms with Crippen LogP contribution in [0.5, 0.6) is 0 Å². The summed E-state index contributed by atoms with van der Waals surface area (Å²) in [4.78, 5) is 40.7. The van der Waals surface area contributed by atoms with Crippen LogP contribution in [-0.4, -0.2) is 27.9 Å². The zero-order valence-corrected chi connectivity index (χ0v) is 13.7. The number of rotatable bonds is 4. The lowest BCUT2D eigenvalue weighted by molar-refractivity contribution is 0.0996. The van der Waals surface area contributed by atoms with E-state index >= 15 is 0 Å². The quantitative estimate of drug-likeness (QED) is 0.808. The number of carbonyl (C=O) groups excluding carboxylic acids is 1. The van der Waals surface area contributed by atoms with Gasteiger partial charge in [0.2, 0.25) is 0 Å². The van der Waals surface area contributed by atoms with Crippen molar-refractivity contribution in [3.63, 3.8) is 0 Å². The second kappa shape index (κ2) is 5.99. The van der Waals surface area contributed by atoms with E-state index in [0.717, 1.165) is 12.1 Å². The van der Waals surface area contributed by atoms with Gasteiger partial charge in [-0.05, 0) is 31.9 Å². The summed E-state index contributed by atoms with van der Waals surface area (Å²) in [6.07, 6.45) is 0.851. The number of fused-ring (bicyclic) bond motifs is 1. The highest BCUT2D eigenvalue weighted by Crippen LogP contribution is 2.31. The molecule has 1 aliphatic heterocycles. The summed E-state index contributed by atoms with van der Waals surface area (Å²) in [6.45, 7) is 4.09. The molecular weight excluding hydrogens is 308 g/mol. The minimum atomic E-state index is -0.729. The van der Waals surface area contributed by atoms with Crippen molar-refractivity contribution < 1.29 is 4.79 Å². The molecule has 0 aliphatic carbocycles. The number of Topliss-reactive ketones (excluding diaryl/α,β-unsaturated/α-hetero) is 1. The van der Waals surface area contributed by atoms with Gasteiger partial charge in [0, 0.05) is 18.3 Å². The predicted molar refractivity (Wildman–Crippen MR) is 92.7 cm³/mol. The lowest BCUT2D eigenvalue weighted by Crippen LogP contribution is -2.40. The Morgan fingerprint density at radius 1 is 1.33 bits per heavy atom. The Morgan fingerprint density at radius 3 is 2.75 bits per heavy atom. The van der Waals surface area contributed by atoms with Gasteiger partial charge in [-0.25, -0.2) is 4.79 Å². The van der Waals surface area contributed by atoms with E-state index in [-0.39, 0.29) is 36.3 Å². The van der Waals surface area contributed by atoms with E-state index in [1.807, 2.05) is 36.1 Å². The molecule has 2 aromatic rings. The van der Waals surface area contributed by atoms with E-state index in [9.17, 15) is 14.4 Å². The summed E-state index contributed by atoms with van der Waals surface area (Å²) in [5.74, 6) is -0.462. The van der Waals surface area contributed by atoms with Crippen LogP contribution >= 0.6 is 0 Å². The van der Waals surface area contributed by atoms with E-state index in [4.69, 9.17) is 5.73 Å². The highest BCUT2D eigenvalue weighted by Gasteiger charge is 2.29. The van der Waals surface area contributed by atoms with Crippen LogP contribution in [0.1, 0.15) is 29.8 Å². The van der Waals surface area contributed by atoms with Crippen LogP contribution in [0, 0.1) is 0 Å². The second-order valence-corrected chi connectivity index (χ2v) is 6.00. The van der Waals surface area contributed by atoms with E-state index < -0.39 is 11.2 Å². The molecule has 2 heterocycles. The third-order valence-corrected chi connectivity index (χ3v) is 4.50. The average Bonchev–Trinajstić information content (AvgIpc) is 2.83. The third-order valence-electron chi connectivity index (χ3n) is 4.50. The number of nitrogens with two attached hydrogens (primary N) is 1. The molecule has 24 heavy (non-hydrogen) atoms. The van der Waals surface area contributed by atoms with Gasteiger partial charge in [-0.3, -0.25) is 19.1 Å². The van der Waals surface area contributed by atoms with Gasteiger partial charge in [0.1, 0.15) is 11.4 Å². The van der Waals surface area contributed by atoms with Crippen molar-refractivity contribution in [3.05, 3.63) is 56.2 Å². The Bertz CT molecular complexity index is 913. The first-order valence-electron chi connectivity index (χ1n) is 7.94. The monoisotopic (exact) mass is 328 g/mol. The van der Waals surface area contributed by atoms with Crippen molar-refractivity contribution in [3.8, 4) is 0 Å². The molecule has 1 atom stereocenters. The minimum absolute atomic E-state index is 0.0490. The maximum atomic E-state index is 12.7. The van der Waals surface area contributed by atoms with Gasteiger partial charge in [-0.1, -0.05) is 18.2 Å². The van der Waals surface area contributed by atoms with Gasteiger partial charge in [0.25, 0.3) is 5.56 Å². The molecule has 0 fully saturated rings. The SMILES string of the molecule is CCn1c(N)c(C(=O)CN2c3ccccc3CC2C)c(=O)[nH]c1=O. The fourth-order valence-corrected chi connectivity index (χ4v) is 3.28. The molecule has 0 bridgehead atoms. The highest BCUT2D eigenvalue weighted by molar-refractivity contribution is 6.02. The van der Waals surface area contributed by atoms with Crippen LogP contribution in [0.2, 0.25) is 0 Å². The molecular formula is C17H20N4O3. The number of aromatic amines is 1. The van der Waals surface area contributed by atoms with Crippen LogP contribution in [0.4, 0.5) is 11.5 Å². The maximum absolute atomic E-state index is 12.7. The molecule has 0 saturated carbocycles. The summed E-state index contributed by atoms with van der Waals surface area (Å²) < 4.78 is 1.19. The Morgan fingerprint density at radius 2 is 2.04 bits per heavy atom. The Labute approximate surface area is 138 Å². The number of carbonyl (C=O) groups is 1. The number of hydrogen-bond donors (Lipinski definition) is 2. The van der Waals surface area contributed by atoms with Crippen molar-refractivity contribution in [2.24, 2.45) is 0 Å². The summed E-state index contributed by atoms with van der Waals surface area (Å²) in [5, 5.41) is 0. The van der Waals surface area contributed by atoms with Gasteiger partial charge in [-0.2, -0.15) is 0 Å². The first kappa shape index (κ1) is 16.0. The average molecular weight is 328 g/mol. The lowest BCUT2D eigenvalue weighted by atomic mass is 10.1. The number of nitrogens with one attached hydrogen (secondary N) is 1. The Hall–Kier alpha value is -2.83. The Balaban J connectivity index is 1.97. The number of ketones is 1. The van der Waals surface area contributed by atoms with Crippen LogP contribution in [0.3, 0.4) is 0 Å². The molecule has 0 saturated heterocycles. The second-order valence-electron chi connectivity index (χ2n) is 6.00. The van der Waals surface area contributed by atoms with Crippen LogP contribution < -0.4 is 21.9 Å². The van der Waals surface area contributed by atoms with Crippen LogP contribution in [-0.2, 0) is 13.0 Å². The van der Waals surface area contributed by atoms with Crippen molar-refractivity contribution in [1.29, 1.82) is 0 Å².